The lowest BCUT2D eigenvalue weighted by atomic mass is 9.99. The quantitative estimate of drug-likeness (QED) is 0.864. The molecule has 0 spiro atoms. The number of piperidine rings is 1. The highest BCUT2D eigenvalue weighted by molar-refractivity contribution is 7.18. The number of anilines is 2. The van der Waals surface area contributed by atoms with Crippen molar-refractivity contribution in [3.63, 3.8) is 0 Å². The Morgan fingerprint density at radius 2 is 2.45 bits per heavy atom. The number of nitrogens with one attached hydrogen (secondary N) is 1. The highest BCUT2D eigenvalue weighted by atomic mass is 32.1. The number of hydrogen-bond acceptors (Lipinski definition) is 6. The lowest BCUT2D eigenvalue weighted by Gasteiger charge is -2.32. The number of ether oxygens (including phenoxy) is 1. The Hall–Kier alpha value is -1.34. The normalized spacial score (nSPS) is 19.1. The lowest BCUT2D eigenvalue weighted by Crippen LogP contribution is -2.41. The zero-order valence-corrected chi connectivity index (χ0v) is 12.8. The Morgan fingerprint density at radius 1 is 1.65 bits per heavy atom. The van der Waals surface area contributed by atoms with Crippen LogP contribution < -0.4 is 11.1 Å². The number of amides is 1. The van der Waals surface area contributed by atoms with Gasteiger partial charge in [-0.05, 0) is 25.7 Å². The average molecular weight is 298 g/mol. The summed E-state index contributed by atoms with van der Waals surface area (Å²) >= 11 is 1.33. The van der Waals surface area contributed by atoms with Gasteiger partial charge < -0.3 is 20.7 Å². The van der Waals surface area contributed by atoms with E-state index in [1.54, 1.807) is 7.11 Å². The number of hydrogen-bond donors (Lipinski definition) is 2. The van der Waals surface area contributed by atoms with Gasteiger partial charge in [0.1, 0.15) is 10.7 Å². The first kappa shape index (κ1) is 15.1. The number of nitrogen functional groups attached to an aromatic ring is 1. The van der Waals surface area contributed by atoms with Gasteiger partial charge in [0.05, 0.1) is 6.61 Å². The number of rotatable bonds is 5. The number of carbonyl (C=O) groups excluding carboxylic acids is 1. The molecule has 6 nitrogen and oxygen atoms in total. The number of likely N-dealkylation sites (tertiary alicyclic amines) is 1. The first-order valence-electron chi connectivity index (χ1n) is 6.94. The molecule has 3 N–H and O–H groups in total. The maximum Gasteiger partial charge on any atom is 0.267 e. The number of thiazole rings is 1. The maximum absolute atomic E-state index is 12.5. The van der Waals surface area contributed by atoms with Crippen molar-refractivity contribution in [3.8, 4) is 0 Å². The van der Waals surface area contributed by atoms with E-state index in [4.69, 9.17) is 10.5 Å². The minimum atomic E-state index is -0.00930. The van der Waals surface area contributed by atoms with Crippen molar-refractivity contribution >= 4 is 28.2 Å². The van der Waals surface area contributed by atoms with Crippen molar-refractivity contribution < 1.29 is 9.53 Å². The Kier molecular flexibility index (Phi) is 5.19. The van der Waals surface area contributed by atoms with Gasteiger partial charge in [-0.25, -0.2) is 4.98 Å². The summed E-state index contributed by atoms with van der Waals surface area (Å²) in [6, 6.07) is 0. The molecular formula is C13H22N4O2S. The van der Waals surface area contributed by atoms with Crippen LogP contribution in [0, 0.1) is 5.92 Å². The molecule has 0 bridgehead atoms. The molecule has 1 aromatic rings. The SMILES string of the molecule is CCNc1nc(N)c(C(=O)N2CCCC(COC)C2)s1. The summed E-state index contributed by atoms with van der Waals surface area (Å²) in [4.78, 5) is 19.1. The molecule has 1 aliphatic rings. The van der Waals surface area contributed by atoms with Gasteiger partial charge in [-0.2, -0.15) is 0 Å². The predicted octanol–water partition coefficient (Wildman–Crippen LogP) is 1.66. The predicted molar refractivity (Wildman–Crippen MR) is 81.2 cm³/mol. The molecule has 1 saturated heterocycles. The average Bonchev–Trinajstić information content (AvgIpc) is 2.80. The minimum Gasteiger partial charge on any atom is -0.384 e. The molecule has 112 valence electrons. The second-order valence-electron chi connectivity index (χ2n) is 4.98. The van der Waals surface area contributed by atoms with Crippen LogP contribution in [0.5, 0.6) is 0 Å². The standard InChI is InChI=1S/C13H22N4O2S/c1-3-15-13-16-11(14)10(20-13)12(18)17-6-4-5-9(7-17)8-19-2/h9H,3-8,14H2,1-2H3,(H,15,16). The first-order valence-corrected chi connectivity index (χ1v) is 7.75. The van der Waals surface area contributed by atoms with Crippen LogP contribution in [0.25, 0.3) is 0 Å². The summed E-state index contributed by atoms with van der Waals surface area (Å²) in [5, 5.41) is 3.80. The van der Waals surface area contributed by atoms with E-state index in [9.17, 15) is 4.79 Å². The van der Waals surface area contributed by atoms with Gasteiger partial charge in [0.2, 0.25) is 0 Å². The van der Waals surface area contributed by atoms with Crippen LogP contribution in [0.3, 0.4) is 0 Å². The third-order valence-corrected chi connectivity index (χ3v) is 4.40. The fraction of sp³-hybridized carbons (Fsp3) is 0.692. The smallest absolute Gasteiger partial charge is 0.267 e. The second kappa shape index (κ2) is 6.90. The molecule has 1 fully saturated rings. The maximum atomic E-state index is 12.5. The topological polar surface area (TPSA) is 80.5 Å². The zero-order chi connectivity index (χ0) is 14.5. The van der Waals surface area contributed by atoms with Crippen molar-refractivity contribution in [3.05, 3.63) is 4.88 Å². The van der Waals surface area contributed by atoms with Crippen LogP contribution in [0.2, 0.25) is 0 Å². The number of aromatic nitrogens is 1. The van der Waals surface area contributed by atoms with E-state index in [2.05, 4.69) is 10.3 Å². The summed E-state index contributed by atoms with van der Waals surface area (Å²) in [6.45, 7) is 4.97. The fourth-order valence-electron chi connectivity index (χ4n) is 2.48. The van der Waals surface area contributed by atoms with Gasteiger partial charge in [0.15, 0.2) is 5.13 Å². The molecule has 7 heteroatoms. The molecule has 1 unspecified atom stereocenters. The van der Waals surface area contributed by atoms with Crippen LogP contribution in [0.1, 0.15) is 29.4 Å². The molecule has 2 heterocycles. The van der Waals surface area contributed by atoms with Crippen LogP contribution in [-0.2, 0) is 4.74 Å². The van der Waals surface area contributed by atoms with Crippen LogP contribution >= 0.6 is 11.3 Å². The Morgan fingerprint density at radius 3 is 3.15 bits per heavy atom. The number of nitrogens with zero attached hydrogens (tertiary/aromatic N) is 2. The summed E-state index contributed by atoms with van der Waals surface area (Å²) < 4.78 is 5.19. The van der Waals surface area contributed by atoms with E-state index >= 15 is 0 Å². The van der Waals surface area contributed by atoms with Gasteiger partial charge in [-0.3, -0.25) is 4.79 Å². The molecule has 1 amide bonds. The second-order valence-corrected chi connectivity index (χ2v) is 5.98. The van der Waals surface area contributed by atoms with Crippen molar-refractivity contribution in [2.24, 2.45) is 5.92 Å². The molecule has 1 aliphatic heterocycles. The molecule has 0 radical (unpaired) electrons. The minimum absolute atomic E-state index is 0.00930. The number of carbonyl (C=O) groups is 1. The van der Waals surface area contributed by atoms with Gasteiger partial charge in [-0.15, -0.1) is 0 Å². The first-order chi connectivity index (χ1) is 9.65. The number of nitrogens with two attached hydrogens (primary N) is 1. The van der Waals surface area contributed by atoms with Crippen molar-refractivity contribution in [1.29, 1.82) is 0 Å². The van der Waals surface area contributed by atoms with Crippen molar-refractivity contribution in [2.75, 3.05) is 44.4 Å². The summed E-state index contributed by atoms with van der Waals surface area (Å²) in [5.74, 6) is 0.731. The molecule has 1 atom stereocenters. The van der Waals surface area contributed by atoms with E-state index in [-0.39, 0.29) is 5.91 Å². The van der Waals surface area contributed by atoms with Gasteiger partial charge >= 0.3 is 0 Å². The Bertz CT molecular complexity index is 461. The van der Waals surface area contributed by atoms with Gasteiger partial charge in [-0.1, -0.05) is 11.3 Å². The largest absolute Gasteiger partial charge is 0.384 e. The molecule has 0 aliphatic carbocycles. The summed E-state index contributed by atoms with van der Waals surface area (Å²) in [5.41, 5.74) is 5.86. The van der Waals surface area contributed by atoms with Crippen LogP contribution in [-0.4, -0.2) is 49.1 Å². The van der Waals surface area contributed by atoms with E-state index < -0.39 is 0 Å². The number of methoxy groups -OCH3 is 1. The van der Waals surface area contributed by atoms with Crippen molar-refractivity contribution in [2.45, 2.75) is 19.8 Å². The summed E-state index contributed by atoms with van der Waals surface area (Å²) in [6.07, 6.45) is 2.12. The monoisotopic (exact) mass is 298 g/mol. The van der Waals surface area contributed by atoms with E-state index in [1.165, 1.54) is 11.3 Å². The van der Waals surface area contributed by atoms with Gasteiger partial charge in [0, 0.05) is 26.7 Å². The molecular weight excluding hydrogens is 276 g/mol. The zero-order valence-electron chi connectivity index (χ0n) is 12.0. The third-order valence-electron chi connectivity index (χ3n) is 3.38. The van der Waals surface area contributed by atoms with Crippen LogP contribution in [0.15, 0.2) is 0 Å². The molecule has 1 aromatic heterocycles. The van der Waals surface area contributed by atoms with Gasteiger partial charge in [0.25, 0.3) is 5.91 Å². The molecule has 2 rings (SSSR count). The third kappa shape index (κ3) is 3.40. The summed E-state index contributed by atoms with van der Waals surface area (Å²) in [7, 11) is 1.70. The van der Waals surface area contributed by atoms with E-state index in [0.717, 1.165) is 32.5 Å². The highest BCUT2D eigenvalue weighted by Gasteiger charge is 2.27. The Balaban J connectivity index is 2.06. The fourth-order valence-corrected chi connectivity index (χ4v) is 3.40. The van der Waals surface area contributed by atoms with E-state index in [0.29, 0.717) is 28.4 Å². The Labute approximate surface area is 123 Å². The van der Waals surface area contributed by atoms with Crippen molar-refractivity contribution in [1.82, 2.24) is 9.88 Å². The molecule has 20 heavy (non-hydrogen) atoms. The lowest BCUT2D eigenvalue weighted by molar-refractivity contribution is 0.0576. The highest BCUT2D eigenvalue weighted by Crippen LogP contribution is 2.28. The van der Waals surface area contributed by atoms with E-state index in [1.807, 2.05) is 11.8 Å². The molecule has 0 aromatic carbocycles. The van der Waals surface area contributed by atoms with Crippen LogP contribution in [0.4, 0.5) is 10.9 Å². The molecule has 0 saturated carbocycles.